The van der Waals surface area contributed by atoms with Crippen LogP contribution in [-0.4, -0.2) is 131 Å². The van der Waals surface area contributed by atoms with Gasteiger partial charge in [0.1, 0.15) is 0 Å². The zero-order valence-electron chi connectivity index (χ0n) is 12.4. The van der Waals surface area contributed by atoms with Gasteiger partial charge in [0.05, 0.1) is 0 Å². The second kappa shape index (κ2) is 61800. The molecule has 0 aromatic heterocycles. The van der Waals surface area contributed by atoms with E-state index in [-0.39, 0.29) is 148 Å². The molecule has 0 aromatic rings. The third kappa shape index (κ3) is 56400. The van der Waals surface area contributed by atoms with Crippen LogP contribution in [0, 0.1) is 0 Å². The molecule has 0 rings (SSSR count). The molecule has 0 saturated carbocycles. The minimum atomic E-state index is 0. The van der Waals surface area contributed by atoms with E-state index in [2.05, 4.69) is 0 Å². The Morgan fingerprint density at radius 1 is 0.0800 bits per heavy atom. The number of hydrogen-bond donors (Lipinski definition) is 0. The molecule has 0 saturated heterocycles. The van der Waals surface area contributed by atoms with E-state index < -0.39 is 0 Å². The Morgan fingerprint density at radius 2 is 0.0800 bits per heavy atom. The van der Waals surface area contributed by atoms with Gasteiger partial charge in [-0.3, -0.25) is 0 Å². The largest absolute Gasteiger partial charge is 0.412 e. The zero-order chi connectivity index (χ0) is 0. The molecule has 48 N–H and O–H groups in total. The van der Waals surface area contributed by atoms with Gasteiger partial charge in [0.15, 0.2) is 0 Å². The summed E-state index contributed by atoms with van der Waals surface area (Å²) in [5, 5.41) is 0. The van der Waals surface area contributed by atoms with Crippen molar-refractivity contribution in [2.24, 2.45) is 0 Å². The summed E-state index contributed by atoms with van der Waals surface area (Å²) in [7, 11) is 0. The van der Waals surface area contributed by atoms with Crippen LogP contribution in [0.3, 0.4) is 0 Å². The van der Waals surface area contributed by atoms with Gasteiger partial charge in [-0.05, 0) is 0 Å². The van der Waals surface area contributed by atoms with E-state index in [1.54, 1.807) is 0 Å². The number of hydrogen-bond acceptors (Lipinski definition) is 0. The van der Waals surface area contributed by atoms with Gasteiger partial charge >= 0.3 is 0 Å². The molecule has 0 spiro atoms. The molecule has 24 nitrogen and oxygen atoms in total. The molecule has 0 aliphatic carbocycles. The first kappa shape index (κ1) is 70200. The van der Waals surface area contributed by atoms with Crippen LogP contribution >= 0.6 is 0 Å². The van der Waals surface area contributed by atoms with E-state index in [9.17, 15) is 0 Å². The van der Waals surface area contributed by atoms with E-state index >= 15 is 0 Å². The third-order valence-electron chi connectivity index (χ3n) is 0. The van der Waals surface area contributed by atoms with Gasteiger partial charge in [-0.2, -0.15) is 0 Å². The van der Waals surface area contributed by atoms with Gasteiger partial charge in [-0.25, -0.2) is 0 Å². The van der Waals surface area contributed by atoms with Crippen molar-refractivity contribution in [3.8, 4) is 0 Å². The van der Waals surface area contributed by atoms with Crippen LogP contribution in [0.25, 0.3) is 0 Å². The Bertz CT molecular complexity index is 6.06. The molecule has 200 valence electrons. The molecular formula is H48FeO24. The second-order valence-corrected chi connectivity index (χ2v) is 0. The Labute approximate surface area is 150 Å². The predicted octanol–water partition coefficient (Wildman–Crippen LogP) is -19.8. The van der Waals surface area contributed by atoms with Crippen LogP contribution in [-0.2, 0) is 17.1 Å². The average molecular weight is 488 g/mol. The molecule has 25 heteroatoms. The van der Waals surface area contributed by atoms with Gasteiger partial charge in [0, 0.05) is 17.1 Å². The summed E-state index contributed by atoms with van der Waals surface area (Å²) < 4.78 is 0. The molecule has 0 fully saturated rings. The minimum absolute atomic E-state index is 0. The third-order valence-corrected chi connectivity index (χ3v) is 0. The summed E-state index contributed by atoms with van der Waals surface area (Å²) in [4.78, 5) is 0. The van der Waals surface area contributed by atoms with Crippen LogP contribution in [0.4, 0.5) is 0 Å². The van der Waals surface area contributed by atoms with Crippen molar-refractivity contribution in [1.82, 2.24) is 0 Å². The van der Waals surface area contributed by atoms with Gasteiger partial charge in [-0.1, -0.05) is 0 Å². The van der Waals surface area contributed by atoms with E-state index in [0.717, 1.165) is 0 Å². The van der Waals surface area contributed by atoms with Gasteiger partial charge < -0.3 is 131 Å². The molecule has 0 heterocycles. The maximum atomic E-state index is 0. The summed E-state index contributed by atoms with van der Waals surface area (Å²) in [6.07, 6.45) is 0. The summed E-state index contributed by atoms with van der Waals surface area (Å²) in [6.45, 7) is 0. The van der Waals surface area contributed by atoms with Gasteiger partial charge in [0.2, 0.25) is 0 Å². The molecule has 0 unspecified atom stereocenters. The van der Waals surface area contributed by atoms with E-state index in [4.69, 9.17) is 0 Å². The van der Waals surface area contributed by atoms with Crippen molar-refractivity contribution >= 4 is 0 Å². The van der Waals surface area contributed by atoms with Crippen molar-refractivity contribution in [3.63, 3.8) is 0 Å². The Hall–Kier alpha value is -0.441. The van der Waals surface area contributed by atoms with Gasteiger partial charge in [-0.15, -0.1) is 0 Å². The van der Waals surface area contributed by atoms with Crippen molar-refractivity contribution in [2.45, 2.75) is 0 Å². The quantitative estimate of drug-likeness (QED) is 0.287. The molecule has 0 aromatic carbocycles. The fourth-order valence-corrected chi connectivity index (χ4v) is 0. The zero-order valence-corrected chi connectivity index (χ0v) is 13.5. The molecule has 25 heavy (non-hydrogen) atoms. The second-order valence-electron chi connectivity index (χ2n) is 0. The molecule has 0 radical (unpaired) electrons. The maximum Gasteiger partial charge on any atom is 0 e. The fraction of sp³-hybridized carbons (Fsp3) is 0. The normalized spacial score (nSPS) is 0. The standard InChI is InChI=1S/Fe.24H2O/h;24*1H2. The summed E-state index contributed by atoms with van der Waals surface area (Å²) in [5.41, 5.74) is 0. The van der Waals surface area contributed by atoms with Crippen LogP contribution in [0.1, 0.15) is 0 Å². The van der Waals surface area contributed by atoms with Crippen molar-refractivity contribution < 1.29 is 148 Å². The first-order valence-corrected chi connectivity index (χ1v) is 0. The molecular weight excluding hydrogens is 440 g/mol. The summed E-state index contributed by atoms with van der Waals surface area (Å²) >= 11 is 0. The topological polar surface area (TPSA) is 756 Å². The van der Waals surface area contributed by atoms with Crippen LogP contribution < -0.4 is 0 Å². The van der Waals surface area contributed by atoms with Crippen LogP contribution in [0.15, 0.2) is 0 Å². The Morgan fingerprint density at radius 3 is 0.0800 bits per heavy atom. The minimum Gasteiger partial charge on any atom is -0.412 e. The average Bonchev–Trinajstić information content (AvgIpc) is 0. The van der Waals surface area contributed by atoms with Gasteiger partial charge in [0.25, 0.3) is 0 Å². The number of rotatable bonds is 0. The fourth-order valence-electron chi connectivity index (χ4n) is 0. The van der Waals surface area contributed by atoms with Crippen LogP contribution in [0.2, 0.25) is 0 Å². The monoisotopic (exact) mass is 488 g/mol. The molecule has 0 amide bonds. The summed E-state index contributed by atoms with van der Waals surface area (Å²) in [6, 6.07) is 0. The summed E-state index contributed by atoms with van der Waals surface area (Å²) in [5.74, 6) is 0. The van der Waals surface area contributed by atoms with Crippen molar-refractivity contribution in [1.29, 1.82) is 0 Å². The smallest absolute Gasteiger partial charge is 0 e. The molecule has 0 bridgehead atoms. The van der Waals surface area contributed by atoms with Crippen LogP contribution in [0.5, 0.6) is 0 Å². The Balaban J connectivity index is 0. The molecule has 0 aliphatic rings. The predicted molar refractivity (Wildman–Crippen MR) is 86.7 cm³/mol. The molecule has 0 atom stereocenters. The van der Waals surface area contributed by atoms with E-state index in [1.165, 1.54) is 0 Å². The maximum absolute atomic E-state index is 0. The Kier molecular flexibility index (Phi) is 174000000. The SMILES string of the molecule is O.O.O.O.O.O.O.O.O.O.O.O.O.O.O.O.O.O.O.O.O.O.O.O.[Fe]. The first-order valence-electron chi connectivity index (χ1n) is 0. The van der Waals surface area contributed by atoms with Crippen molar-refractivity contribution in [3.05, 3.63) is 0 Å². The van der Waals surface area contributed by atoms with E-state index in [0.29, 0.717) is 0 Å². The van der Waals surface area contributed by atoms with Crippen molar-refractivity contribution in [2.75, 3.05) is 0 Å². The first-order chi connectivity index (χ1) is 0. The van der Waals surface area contributed by atoms with E-state index in [1.807, 2.05) is 0 Å². The molecule has 0 aliphatic heterocycles.